The van der Waals surface area contributed by atoms with Gasteiger partial charge in [0.05, 0.1) is 0 Å². The van der Waals surface area contributed by atoms with Crippen molar-refractivity contribution in [3.63, 3.8) is 0 Å². The number of alkyl halides is 3. The summed E-state index contributed by atoms with van der Waals surface area (Å²) in [5.74, 6) is 0. The maximum Gasteiger partial charge on any atom is 0.435 e. The van der Waals surface area contributed by atoms with Crippen molar-refractivity contribution < 1.29 is 21.6 Å². The first-order valence-corrected chi connectivity index (χ1v) is 6.90. The molecule has 0 saturated carbocycles. The minimum atomic E-state index is -4.63. The number of sulfone groups is 1. The molecule has 98 valence electrons. The van der Waals surface area contributed by atoms with E-state index in [9.17, 15) is 21.6 Å². The smallest absolute Gasteiger partial charge is 0.254 e. The van der Waals surface area contributed by atoms with Gasteiger partial charge in [-0.1, -0.05) is 13.3 Å². The van der Waals surface area contributed by atoms with Gasteiger partial charge in [-0.3, -0.25) is 4.68 Å². The number of hydrogen-bond acceptors (Lipinski definition) is 3. The van der Waals surface area contributed by atoms with E-state index in [1.807, 2.05) is 6.92 Å². The monoisotopic (exact) mass is 270 g/mol. The molecular weight excluding hydrogens is 257 g/mol. The molecule has 1 rings (SSSR count). The molecule has 0 radical (unpaired) electrons. The van der Waals surface area contributed by atoms with Crippen LogP contribution in [0.4, 0.5) is 13.2 Å². The minimum Gasteiger partial charge on any atom is -0.254 e. The van der Waals surface area contributed by atoms with Gasteiger partial charge in [0.2, 0.25) is 0 Å². The Labute approximate surface area is 97.4 Å². The van der Waals surface area contributed by atoms with E-state index in [0.29, 0.717) is 12.5 Å². The first kappa shape index (κ1) is 14.0. The SMILES string of the molecule is CCCCn1nc(C(F)(F)F)cc1S(C)(=O)=O. The zero-order valence-electron chi connectivity index (χ0n) is 9.45. The number of nitrogens with zero attached hydrogens (tertiary/aromatic N) is 2. The molecule has 0 bridgehead atoms. The van der Waals surface area contributed by atoms with E-state index in [-0.39, 0.29) is 6.54 Å². The molecule has 0 amide bonds. The van der Waals surface area contributed by atoms with Crippen LogP contribution in [0.15, 0.2) is 11.1 Å². The lowest BCUT2D eigenvalue weighted by atomic mass is 10.3. The molecule has 0 fully saturated rings. The first-order chi connectivity index (χ1) is 7.66. The van der Waals surface area contributed by atoms with Crippen molar-refractivity contribution in [2.45, 2.75) is 37.5 Å². The largest absolute Gasteiger partial charge is 0.435 e. The van der Waals surface area contributed by atoms with Crippen molar-refractivity contribution in [1.29, 1.82) is 0 Å². The van der Waals surface area contributed by atoms with Crippen molar-refractivity contribution in [2.24, 2.45) is 0 Å². The third-order valence-corrected chi connectivity index (χ3v) is 3.23. The molecule has 0 spiro atoms. The Morgan fingerprint density at radius 3 is 2.41 bits per heavy atom. The van der Waals surface area contributed by atoms with Gasteiger partial charge in [0.1, 0.15) is 0 Å². The van der Waals surface area contributed by atoms with Gasteiger partial charge in [-0.2, -0.15) is 18.3 Å². The summed E-state index contributed by atoms with van der Waals surface area (Å²) in [5, 5.41) is 2.91. The second-order valence-corrected chi connectivity index (χ2v) is 5.68. The number of aryl methyl sites for hydroxylation is 1. The zero-order chi connectivity index (χ0) is 13.3. The highest BCUT2D eigenvalue weighted by Gasteiger charge is 2.36. The molecule has 0 aliphatic rings. The topological polar surface area (TPSA) is 52.0 Å². The van der Waals surface area contributed by atoms with Crippen LogP contribution >= 0.6 is 0 Å². The minimum absolute atomic E-state index is 0.162. The zero-order valence-corrected chi connectivity index (χ0v) is 10.3. The van der Waals surface area contributed by atoms with E-state index >= 15 is 0 Å². The fourth-order valence-electron chi connectivity index (χ4n) is 1.30. The Morgan fingerprint density at radius 1 is 1.41 bits per heavy atom. The number of rotatable bonds is 4. The van der Waals surface area contributed by atoms with E-state index in [1.165, 1.54) is 0 Å². The normalized spacial score (nSPS) is 13.0. The summed E-state index contributed by atoms with van der Waals surface area (Å²) in [7, 11) is -3.70. The average Bonchev–Trinajstić information content (AvgIpc) is 2.56. The number of halogens is 3. The van der Waals surface area contributed by atoms with Crippen LogP contribution in [0.25, 0.3) is 0 Å². The molecule has 1 aromatic rings. The molecule has 0 atom stereocenters. The molecule has 0 aromatic carbocycles. The van der Waals surface area contributed by atoms with Crippen LogP contribution in [0.2, 0.25) is 0 Å². The summed E-state index contributed by atoms with van der Waals surface area (Å²) in [6.07, 6.45) is -2.45. The van der Waals surface area contributed by atoms with E-state index < -0.39 is 26.7 Å². The quantitative estimate of drug-likeness (QED) is 0.842. The predicted octanol–water partition coefficient (Wildman–Crippen LogP) is 2.11. The summed E-state index contributed by atoms with van der Waals surface area (Å²) in [6, 6.07) is 0.574. The van der Waals surface area contributed by atoms with Crippen LogP contribution in [-0.4, -0.2) is 24.5 Å². The molecule has 8 heteroatoms. The Kier molecular flexibility index (Phi) is 3.85. The molecular formula is C9H13F3N2O2S. The second-order valence-electron chi connectivity index (χ2n) is 3.71. The number of unbranched alkanes of at least 4 members (excludes halogenated alkanes) is 1. The van der Waals surface area contributed by atoms with E-state index in [4.69, 9.17) is 0 Å². The Balaban J connectivity index is 3.22. The van der Waals surface area contributed by atoms with Crippen molar-refractivity contribution in [3.8, 4) is 0 Å². The number of hydrogen-bond donors (Lipinski definition) is 0. The summed E-state index contributed by atoms with van der Waals surface area (Å²) in [6.45, 7) is 2.02. The van der Waals surface area contributed by atoms with Gasteiger partial charge in [-0.25, -0.2) is 8.42 Å². The summed E-state index contributed by atoms with van der Waals surface area (Å²) in [5.41, 5.74) is -1.17. The average molecular weight is 270 g/mol. The fourth-order valence-corrected chi connectivity index (χ4v) is 2.15. The van der Waals surface area contributed by atoms with Gasteiger partial charge in [-0.15, -0.1) is 0 Å². The fraction of sp³-hybridized carbons (Fsp3) is 0.667. The highest BCUT2D eigenvalue weighted by Crippen LogP contribution is 2.29. The molecule has 0 aliphatic heterocycles. The maximum atomic E-state index is 12.4. The molecule has 0 aliphatic carbocycles. The van der Waals surface area contributed by atoms with Crippen LogP contribution in [-0.2, 0) is 22.6 Å². The Morgan fingerprint density at radius 2 is 2.00 bits per heavy atom. The number of aromatic nitrogens is 2. The lowest BCUT2D eigenvalue weighted by molar-refractivity contribution is -0.141. The summed E-state index contributed by atoms with van der Waals surface area (Å²) < 4.78 is 60.8. The summed E-state index contributed by atoms with van der Waals surface area (Å²) in [4.78, 5) is 0. The van der Waals surface area contributed by atoms with Crippen LogP contribution < -0.4 is 0 Å². The third kappa shape index (κ3) is 3.45. The summed E-state index contributed by atoms with van der Waals surface area (Å²) >= 11 is 0. The van der Waals surface area contributed by atoms with Gasteiger partial charge < -0.3 is 0 Å². The van der Waals surface area contributed by atoms with E-state index in [0.717, 1.165) is 17.4 Å². The van der Waals surface area contributed by atoms with E-state index in [1.54, 1.807) is 0 Å². The molecule has 0 N–H and O–H groups in total. The maximum absolute atomic E-state index is 12.4. The van der Waals surface area contributed by atoms with Crippen molar-refractivity contribution in [3.05, 3.63) is 11.8 Å². The van der Waals surface area contributed by atoms with Gasteiger partial charge in [0.25, 0.3) is 0 Å². The Bertz CT molecular complexity index is 491. The highest BCUT2D eigenvalue weighted by atomic mass is 32.2. The lowest BCUT2D eigenvalue weighted by Gasteiger charge is -2.04. The Hall–Kier alpha value is -1.05. The third-order valence-electron chi connectivity index (χ3n) is 2.14. The van der Waals surface area contributed by atoms with Gasteiger partial charge in [0, 0.05) is 18.9 Å². The second kappa shape index (κ2) is 4.67. The molecule has 0 saturated heterocycles. The molecule has 1 aromatic heterocycles. The van der Waals surface area contributed by atoms with E-state index in [2.05, 4.69) is 5.10 Å². The van der Waals surface area contributed by atoms with Crippen LogP contribution in [0.3, 0.4) is 0 Å². The van der Waals surface area contributed by atoms with Gasteiger partial charge >= 0.3 is 6.18 Å². The van der Waals surface area contributed by atoms with Crippen LogP contribution in [0, 0.1) is 0 Å². The van der Waals surface area contributed by atoms with Crippen molar-refractivity contribution in [1.82, 2.24) is 9.78 Å². The predicted molar refractivity (Wildman–Crippen MR) is 55.2 cm³/mol. The molecule has 17 heavy (non-hydrogen) atoms. The standard InChI is InChI=1S/C9H13F3N2O2S/c1-3-4-5-14-8(17(2,15)16)6-7(13-14)9(10,11)12/h6H,3-5H2,1-2H3. The van der Waals surface area contributed by atoms with Crippen molar-refractivity contribution in [2.75, 3.05) is 6.26 Å². The van der Waals surface area contributed by atoms with Crippen LogP contribution in [0.1, 0.15) is 25.5 Å². The molecule has 4 nitrogen and oxygen atoms in total. The highest BCUT2D eigenvalue weighted by molar-refractivity contribution is 7.90. The van der Waals surface area contributed by atoms with Gasteiger partial charge in [0.15, 0.2) is 20.6 Å². The van der Waals surface area contributed by atoms with Gasteiger partial charge in [-0.05, 0) is 6.42 Å². The molecule has 0 unspecified atom stereocenters. The first-order valence-electron chi connectivity index (χ1n) is 5.01. The van der Waals surface area contributed by atoms with Crippen LogP contribution in [0.5, 0.6) is 0 Å². The lowest BCUT2D eigenvalue weighted by Crippen LogP contribution is -2.11. The van der Waals surface area contributed by atoms with Crippen molar-refractivity contribution >= 4 is 9.84 Å². The molecule has 1 heterocycles.